The zero-order valence-electron chi connectivity index (χ0n) is 23.0. The summed E-state index contributed by atoms with van der Waals surface area (Å²) >= 11 is 1.66. The van der Waals surface area contributed by atoms with Crippen LogP contribution in [0.25, 0.3) is 0 Å². The molecule has 6 rings (SSSR count). The van der Waals surface area contributed by atoms with Crippen LogP contribution in [0.5, 0.6) is 0 Å². The van der Waals surface area contributed by atoms with E-state index < -0.39 is 17.4 Å². The molecule has 3 aromatic rings. The fourth-order valence-corrected chi connectivity index (χ4v) is 7.05. The topological polar surface area (TPSA) is 98.8 Å². The second-order valence-corrected chi connectivity index (χ2v) is 11.9. The summed E-state index contributed by atoms with van der Waals surface area (Å²) in [6.07, 6.45) is 2.63. The molecule has 8 nitrogen and oxygen atoms in total. The van der Waals surface area contributed by atoms with Crippen molar-refractivity contribution in [2.24, 2.45) is 11.8 Å². The number of anilines is 2. The summed E-state index contributed by atoms with van der Waals surface area (Å²) in [6.45, 7) is 1.92. The van der Waals surface area contributed by atoms with Crippen molar-refractivity contribution < 1.29 is 19.2 Å². The molecular weight excluding hydrogens is 536 g/mol. The van der Waals surface area contributed by atoms with Gasteiger partial charge in [0, 0.05) is 23.0 Å². The van der Waals surface area contributed by atoms with Crippen molar-refractivity contribution in [3.63, 3.8) is 0 Å². The molecule has 2 N–H and O–H groups in total. The highest BCUT2D eigenvalue weighted by molar-refractivity contribution is 7.98. The van der Waals surface area contributed by atoms with E-state index in [4.69, 9.17) is 0 Å². The normalized spacial score (nSPS) is 24.7. The maximum atomic E-state index is 14.5. The minimum atomic E-state index is -1.42. The molecule has 0 saturated carbocycles. The molecule has 4 atom stereocenters. The van der Waals surface area contributed by atoms with Gasteiger partial charge in [0.2, 0.25) is 17.7 Å². The molecule has 3 aromatic carbocycles. The highest BCUT2D eigenvalue weighted by Crippen LogP contribution is 2.55. The Morgan fingerprint density at radius 3 is 2.37 bits per heavy atom. The lowest BCUT2D eigenvalue weighted by Gasteiger charge is -2.30. The average molecular weight is 569 g/mol. The number of carbonyl (C=O) groups excluding carboxylic acids is 4. The van der Waals surface area contributed by atoms with Gasteiger partial charge in [-0.05, 0) is 49.1 Å². The van der Waals surface area contributed by atoms with Gasteiger partial charge < -0.3 is 10.2 Å². The molecule has 0 unspecified atom stereocenters. The van der Waals surface area contributed by atoms with E-state index in [9.17, 15) is 19.2 Å². The van der Waals surface area contributed by atoms with E-state index in [0.717, 1.165) is 16.9 Å². The van der Waals surface area contributed by atoms with Crippen LogP contribution in [0.4, 0.5) is 11.4 Å². The molecule has 3 aliphatic heterocycles. The molecule has 1 spiro atoms. The zero-order chi connectivity index (χ0) is 28.7. The number of rotatable bonds is 8. The number of nitrogens with one attached hydrogen (secondary N) is 2. The van der Waals surface area contributed by atoms with Crippen molar-refractivity contribution in [1.82, 2.24) is 10.2 Å². The quantitative estimate of drug-likeness (QED) is 0.402. The number of amides is 4. The van der Waals surface area contributed by atoms with Gasteiger partial charge in [-0.2, -0.15) is 11.8 Å². The molecule has 9 heteroatoms. The number of para-hydroxylation sites is 1. The molecule has 2 fully saturated rings. The molecule has 0 bridgehead atoms. The van der Waals surface area contributed by atoms with Crippen LogP contribution in [0, 0.1) is 18.8 Å². The number of hydrogen-bond donors (Lipinski definition) is 2. The summed E-state index contributed by atoms with van der Waals surface area (Å²) in [7, 11) is 0. The van der Waals surface area contributed by atoms with Gasteiger partial charge in [0.15, 0.2) is 0 Å². The Kier molecular flexibility index (Phi) is 7.17. The maximum Gasteiger partial charge on any atom is 0.253 e. The Labute approximate surface area is 243 Å². The third kappa shape index (κ3) is 4.53. The van der Waals surface area contributed by atoms with Gasteiger partial charge in [0.1, 0.15) is 12.1 Å². The number of thioether (sulfide) groups is 1. The number of fused-ring (bicyclic) bond motifs is 4. The zero-order valence-corrected chi connectivity index (χ0v) is 23.8. The molecule has 4 amide bonds. The van der Waals surface area contributed by atoms with Crippen molar-refractivity contribution in [3.8, 4) is 0 Å². The largest absolute Gasteiger partial charge is 0.325 e. The van der Waals surface area contributed by atoms with Crippen LogP contribution < -0.4 is 15.5 Å². The first-order chi connectivity index (χ1) is 19.8. The monoisotopic (exact) mass is 568 g/mol. The van der Waals surface area contributed by atoms with E-state index >= 15 is 0 Å². The summed E-state index contributed by atoms with van der Waals surface area (Å²) < 4.78 is 0. The second-order valence-electron chi connectivity index (χ2n) is 10.9. The summed E-state index contributed by atoms with van der Waals surface area (Å²) in [6, 6.07) is 23.8. The average Bonchev–Trinajstić information content (AvgIpc) is 3.53. The van der Waals surface area contributed by atoms with Crippen LogP contribution >= 0.6 is 11.8 Å². The van der Waals surface area contributed by atoms with Gasteiger partial charge in [-0.3, -0.25) is 29.4 Å². The van der Waals surface area contributed by atoms with Crippen molar-refractivity contribution in [2.45, 2.75) is 31.5 Å². The first kappa shape index (κ1) is 27.2. The Hall–Kier alpha value is -3.95. The molecule has 0 aromatic heterocycles. The summed E-state index contributed by atoms with van der Waals surface area (Å²) in [5, 5.41) is 6.38. The number of carbonyl (C=O) groups is 4. The molecule has 0 radical (unpaired) electrons. The second kappa shape index (κ2) is 10.8. The third-order valence-electron chi connectivity index (χ3n) is 8.41. The molecule has 0 aliphatic carbocycles. The Morgan fingerprint density at radius 2 is 1.63 bits per heavy atom. The SMILES string of the molecule is CSCC[C@@H]1N[C@]2(C(=O)N(CC(=O)Nc3ccc(C)cc3)c3ccccc32)[C@H]2C(=O)N(Cc3ccccc3)C(=O)[C@H]12. The van der Waals surface area contributed by atoms with Gasteiger partial charge in [-0.25, -0.2) is 0 Å². The Balaban J connectivity index is 1.36. The lowest BCUT2D eigenvalue weighted by molar-refractivity contribution is -0.143. The molecule has 2 saturated heterocycles. The molecule has 3 heterocycles. The van der Waals surface area contributed by atoms with Gasteiger partial charge in [-0.15, -0.1) is 0 Å². The molecule has 41 heavy (non-hydrogen) atoms. The van der Waals surface area contributed by atoms with Crippen LogP contribution in [-0.4, -0.2) is 53.1 Å². The van der Waals surface area contributed by atoms with E-state index in [1.807, 2.05) is 86.0 Å². The summed E-state index contributed by atoms with van der Waals surface area (Å²) in [5.74, 6) is -2.11. The van der Waals surface area contributed by atoms with Crippen molar-refractivity contribution >= 4 is 46.8 Å². The minimum Gasteiger partial charge on any atom is -0.325 e. The van der Waals surface area contributed by atoms with E-state index in [2.05, 4.69) is 10.6 Å². The van der Waals surface area contributed by atoms with Gasteiger partial charge in [0.05, 0.1) is 18.4 Å². The predicted molar refractivity (Wildman–Crippen MR) is 159 cm³/mol. The van der Waals surface area contributed by atoms with Crippen LogP contribution in [-0.2, 0) is 31.3 Å². The standard InChI is InChI=1S/C32H32N4O4S/c1-20-12-14-22(15-13-20)33-26(37)19-35-25-11-7-6-10-23(25)32(31(35)40)28-27(24(34-32)16-17-41-2)29(38)36(30(28)39)18-21-8-4-3-5-9-21/h3-15,24,27-28,34H,16-19H2,1-2H3,(H,33,37)/t24-,27+,28+,32-/m0/s1. The van der Waals surface area contributed by atoms with Crippen LogP contribution in [0.15, 0.2) is 78.9 Å². The number of imide groups is 1. The smallest absolute Gasteiger partial charge is 0.253 e. The van der Waals surface area contributed by atoms with Crippen LogP contribution in [0.1, 0.15) is 23.1 Å². The fraction of sp³-hybridized carbons (Fsp3) is 0.312. The highest BCUT2D eigenvalue weighted by Gasteiger charge is 2.71. The van der Waals surface area contributed by atoms with E-state index in [1.165, 1.54) is 9.80 Å². The van der Waals surface area contributed by atoms with Crippen molar-refractivity contribution in [2.75, 3.05) is 28.8 Å². The fourth-order valence-electron chi connectivity index (χ4n) is 6.56. The number of benzene rings is 3. The van der Waals surface area contributed by atoms with Crippen LogP contribution in [0.3, 0.4) is 0 Å². The Morgan fingerprint density at radius 1 is 0.927 bits per heavy atom. The number of aryl methyl sites for hydroxylation is 1. The molecule has 3 aliphatic rings. The Bertz CT molecular complexity index is 1510. The number of nitrogens with zero attached hydrogens (tertiary/aromatic N) is 2. The van der Waals surface area contributed by atoms with E-state index in [0.29, 0.717) is 23.4 Å². The minimum absolute atomic E-state index is 0.162. The first-order valence-corrected chi connectivity index (χ1v) is 15.2. The van der Waals surface area contributed by atoms with Crippen LogP contribution in [0.2, 0.25) is 0 Å². The summed E-state index contributed by atoms with van der Waals surface area (Å²) in [5.41, 5.74) is 2.35. The van der Waals surface area contributed by atoms with Gasteiger partial charge >= 0.3 is 0 Å². The number of likely N-dealkylation sites (tertiary alicyclic amines) is 1. The lowest BCUT2D eigenvalue weighted by Crippen LogP contribution is -2.55. The van der Waals surface area contributed by atoms with E-state index in [-0.39, 0.29) is 42.8 Å². The highest BCUT2D eigenvalue weighted by atomic mass is 32.2. The molecule has 210 valence electrons. The third-order valence-corrected chi connectivity index (χ3v) is 9.06. The predicted octanol–water partition coefficient (Wildman–Crippen LogP) is 3.70. The number of hydrogen-bond acceptors (Lipinski definition) is 6. The van der Waals surface area contributed by atoms with Gasteiger partial charge in [-0.1, -0.05) is 66.2 Å². The molecular formula is C32H32N4O4S. The van der Waals surface area contributed by atoms with E-state index in [1.54, 1.807) is 17.8 Å². The first-order valence-electron chi connectivity index (χ1n) is 13.8. The van der Waals surface area contributed by atoms with Gasteiger partial charge in [0.25, 0.3) is 5.91 Å². The van der Waals surface area contributed by atoms with Crippen molar-refractivity contribution in [1.29, 1.82) is 0 Å². The lowest BCUT2D eigenvalue weighted by atomic mass is 9.76. The summed E-state index contributed by atoms with van der Waals surface area (Å²) in [4.78, 5) is 58.5. The van der Waals surface area contributed by atoms with Crippen molar-refractivity contribution in [3.05, 3.63) is 95.6 Å². The maximum absolute atomic E-state index is 14.5.